The molecule has 1 atom stereocenters. The molecule has 0 spiro atoms. The molecule has 7 nitrogen and oxygen atoms in total. The van der Waals surface area contributed by atoms with Crippen LogP contribution in [0.3, 0.4) is 0 Å². The van der Waals surface area contributed by atoms with E-state index >= 15 is 0 Å². The van der Waals surface area contributed by atoms with Crippen molar-refractivity contribution in [1.29, 1.82) is 0 Å². The molecular formula is C24H32IN5O2. The van der Waals surface area contributed by atoms with E-state index in [1.807, 2.05) is 25.2 Å². The standard InChI is InChI=1S/C24H31N5O2.HI/c1-17-10-11-18(22(13-17)31-16-19-7-6-12-30-19)14-26-24(25-2)27-15-23-28-20-8-4-5-9-21(20)29(23)3;/h4-5,8-11,13,19H,6-7,12,14-16H2,1-3H3,(H2,25,26,27);1H. The van der Waals surface area contributed by atoms with Crippen molar-refractivity contribution in [2.24, 2.45) is 12.0 Å². The van der Waals surface area contributed by atoms with Gasteiger partial charge in [0, 0.05) is 32.8 Å². The molecule has 1 aliphatic heterocycles. The normalized spacial score (nSPS) is 16.1. The minimum atomic E-state index is 0. The number of aromatic nitrogens is 2. The third-order valence-electron chi connectivity index (χ3n) is 5.63. The van der Waals surface area contributed by atoms with Crippen molar-refractivity contribution in [1.82, 2.24) is 20.2 Å². The summed E-state index contributed by atoms with van der Waals surface area (Å²) in [5.41, 5.74) is 4.39. The molecular weight excluding hydrogens is 517 g/mol. The van der Waals surface area contributed by atoms with Crippen LogP contribution in [0.5, 0.6) is 5.75 Å². The molecule has 0 bridgehead atoms. The minimum Gasteiger partial charge on any atom is -0.491 e. The van der Waals surface area contributed by atoms with Gasteiger partial charge in [0.2, 0.25) is 0 Å². The van der Waals surface area contributed by atoms with Gasteiger partial charge in [-0.15, -0.1) is 24.0 Å². The molecule has 0 aliphatic carbocycles. The molecule has 32 heavy (non-hydrogen) atoms. The molecule has 3 aromatic rings. The average Bonchev–Trinajstić information content (AvgIpc) is 3.42. The quantitative estimate of drug-likeness (QED) is 0.266. The maximum atomic E-state index is 6.11. The van der Waals surface area contributed by atoms with Crippen molar-refractivity contribution in [3.63, 3.8) is 0 Å². The van der Waals surface area contributed by atoms with Crippen LogP contribution >= 0.6 is 24.0 Å². The average molecular weight is 549 g/mol. The first-order chi connectivity index (χ1) is 15.1. The summed E-state index contributed by atoms with van der Waals surface area (Å²) in [4.78, 5) is 9.06. The summed E-state index contributed by atoms with van der Waals surface area (Å²) in [7, 11) is 3.81. The van der Waals surface area contributed by atoms with Crippen LogP contribution in [0.1, 0.15) is 29.8 Å². The number of guanidine groups is 1. The molecule has 1 fully saturated rings. The number of nitrogens with zero attached hydrogens (tertiary/aromatic N) is 3. The van der Waals surface area contributed by atoms with E-state index in [0.29, 0.717) is 19.7 Å². The summed E-state index contributed by atoms with van der Waals surface area (Å²) >= 11 is 0. The van der Waals surface area contributed by atoms with Crippen molar-refractivity contribution >= 4 is 41.0 Å². The number of aliphatic imine (C=N–C) groups is 1. The lowest BCUT2D eigenvalue weighted by Crippen LogP contribution is -2.37. The van der Waals surface area contributed by atoms with E-state index in [1.165, 1.54) is 5.56 Å². The summed E-state index contributed by atoms with van der Waals surface area (Å²) in [6.45, 7) is 4.71. The number of halogens is 1. The molecule has 2 N–H and O–H groups in total. The molecule has 2 aromatic carbocycles. The third-order valence-corrected chi connectivity index (χ3v) is 5.63. The molecule has 8 heteroatoms. The number of hydrogen-bond acceptors (Lipinski definition) is 4. The van der Waals surface area contributed by atoms with E-state index in [1.54, 1.807) is 7.05 Å². The summed E-state index contributed by atoms with van der Waals surface area (Å²) in [6, 6.07) is 14.4. The van der Waals surface area contributed by atoms with Gasteiger partial charge in [0.1, 0.15) is 18.2 Å². The van der Waals surface area contributed by atoms with Gasteiger partial charge in [-0.25, -0.2) is 4.98 Å². The second-order valence-corrected chi connectivity index (χ2v) is 7.91. The second kappa shape index (κ2) is 11.5. The SMILES string of the molecule is CN=C(NCc1ccc(C)cc1OCC1CCCO1)NCc1nc2ccccc2n1C.I. The summed E-state index contributed by atoms with van der Waals surface area (Å²) < 4.78 is 13.9. The van der Waals surface area contributed by atoms with E-state index in [-0.39, 0.29) is 30.1 Å². The van der Waals surface area contributed by atoms with Crippen LogP contribution in [0, 0.1) is 6.92 Å². The molecule has 0 amide bonds. The van der Waals surface area contributed by atoms with Crippen LogP contribution in [0.15, 0.2) is 47.5 Å². The Labute approximate surface area is 206 Å². The Bertz CT molecular complexity index is 1060. The Morgan fingerprint density at radius 3 is 2.78 bits per heavy atom. The van der Waals surface area contributed by atoms with Crippen molar-refractivity contribution in [3.8, 4) is 5.75 Å². The number of benzene rings is 2. The maximum Gasteiger partial charge on any atom is 0.191 e. The Morgan fingerprint density at radius 1 is 1.22 bits per heavy atom. The van der Waals surface area contributed by atoms with Crippen LogP contribution in [0.2, 0.25) is 0 Å². The van der Waals surface area contributed by atoms with Gasteiger partial charge in [-0.1, -0.05) is 24.3 Å². The van der Waals surface area contributed by atoms with Crippen LogP contribution in [-0.2, 0) is 24.9 Å². The van der Waals surface area contributed by atoms with Crippen molar-refractivity contribution in [3.05, 3.63) is 59.4 Å². The highest BCUT2D eigenvalue weighted by Gasteiger charge is 2.17. The van der Waals surface area contributed by atoms with Crippen LogP contribution in [0.4, 0.5) is 0 Å². The Kier molecular flexibility index (Phi) is 8.75. The van der Waals surface area contributed by atoms with Gasteiger partial charge in [0.25, 0.3) is 0 Å². The number of imidazole rings is 1. The zero-order valence-corrected chi connectivity index (χ0v) is 21.3. The fourth-order valence-electron chi connectivity index (χ4n) is 3.82. The van der Waals surface area contributed by atoms with Gasteiger partial charge < -0.3 is 24.7 Å². The van der Waals surface area contributed by atoms with E-state index in [2.05, 4.69) is 51.4 Å². The first-order valence-corrected chi connectivity index (χ1v) is 10.8. The highest BCUT2D eigenvalue weighted by Crippen LogP contribution is 2.22. The topological polar surface area (TPSA) is 72.7 Å². The van der Waals surface area contributed by atoms with Crippen molar-refractivity contribution in [2.75, 3.05) is 20.3 Å². The summed E-state index contributed by atoms with van der Waals surface area (Å²) in [6.07, 6.45) is 2.38. The van der Waals surface area contributed by atoms with Crippen LogP contribution < -0.4 is 15.4 Å². The molecule has 2 heterocycles. The Hall–Kier alpha value is -2.33. The second-order valence-electron chi connectivity index (χ2n) is 7.91. The molecule has 1 aliphatic rings. The zero-order valence-electron chi connectivity index (χ0n) is 18.9. The monoisotopic (exact) mass is 549 g/mol. The molecule has 1 saturated heterocycles. The van der Waals surface area contributed by atoms with Gasteiger partial charge in [-0.2, -0.15) is 0 Å². The number of ether oxygens (including phenoxy) is 2. The molecule has 0 saturated carbocycles. The lowest BCUT2D eigenvalue weighted by molar-refractivity contribution is 0.0676. The Morgan fingerprint density at radius 2 is 2.03 bits per heavy atom. The molecule has 172 valence electrons. The first kappa shape index (κ1) is 24.3. The highest BCUT2D eigenvalue weighted by atomic mass is 127. The zero-order chi connectivity index (χ0) is 21.6. The summed E-state index contributed by atoms with van der Waals surface area (Å²) in [5.74, 6) is 2.58. The molecule has 4 rings (SSSR count). The van der Waals surface area contributed by atoms with E-state index in [4.69, 9.17) is 14.5 Å². The number of aryl methyl sites for hydroxylation is 2. The Balaban J connectivity index is 0.00000289. The highest BCUT2D eigenvalue weighted by molar-refractivity contribution is 14.0. The van der Waals surface area contributed by atoms with Gasteiger partial charge in [0.15, 0.2) is 5.96 Å². The molecule has 0 radical (unpaired) electrons. The van der Waals surface area contributed by atoms with E-state index in [9.17, 15) is 0 Å². The van der Waals surface area contributed by atoms with Gasteiger partial charge in [0.05, 0.1) is 23.7 Å². The van der Waals surface area contributed by atoms with Gasteiger partial charge >= 0.3 is 0 Å². The minimum absolute atomic E-state index is 0. The number of hydrogen-bond donors (Lipinski definition) is 2. The molecule has 1 unspecified atom stereocenters. The largest absolute Gasteiger partial charge is 0.491 e. The maximum absolute atomic E-state index is 6.11. The third kappa shape index (κ3) is 5.92. The fourth-order valence-corrected chi connectivity index (χ4v) is 3.82. The first-order valence-electron chi connectivity index (χ1n) is 10.8. The number of rotatable bonds is 7. The number of fused-ring (bicyclic) bond motifs is 1. The predicted octanol–water partition coefficient (Wildman–Crippen LogP) is 3.92. The lowest BCUT2D eigenvalue weighted by Gasteiger charge is -2.17. The number of para-hydroxylation sites is 2. The number of nitrogens with one attached hydrogen (secondary N) is 2. The van der Waals surface area contributed by atoms with E-state index in [0.717, 1.165) is 53.6 Å². The van der Waals surface area contributed by atoms with E-state index < -0.39 is 0 Å². The van der Waals surface area contributed by atoms with Crippen LogP contribution in [-0.4, -0.2) is 41.9 Å². The van der Waals surface area contributed by atoms with Crippen LogP contribution in [0.25, 0.3) is 11.0 Å². The van der Waals surface area contributed by atoms with Crippen molar-refractivity contribution < 1.29 is 9.47 Å². The fraction of sp³-hybridized carbons (Fsp3) is 0.417. The summed E-state index contributed by atoms with van der Waals surface area (Å²) in [5, 5.41) is 6.75. The lowest BCUT2D eigenvalue weighted by atomic mass is 10.1. The van der Waals surface area contributed by atoms with Gasteiger partial charge in [-0.05, 0) is 43.5 Å². The van der Waals surface area contributed by atoms with Gasteiger partial charge in [-0.3, -0.25) is 4.99 Å². The predicted molar refractivity (Wildman–Crippen MR) is 139 cm³/mol. The van der Waals surface area contributed by atoms with Crippen molar-refractivity contribution in [2.45, 2.75) is 39.0 Å². The smallest absolute Gasteiger partial charge is 0.191 e. The molecule has 1 aromatic heterocycles.